The smallest absolute Gasteiger partial charge is 0.0961 e. The number of hydrogen-bond acceptors (Lipinski definition) is 3. The fourth-order valence-corrected chi connectivity index (χ4v) is 2.21. The summed E-state index contributed by atoms with van der Waals surface area (Å²) in [6.45, 7) is 7.23. The Hall–Kier alpha value is -0.980. The average Bonchev–Trinajstić information content (AvgIpc) is 2.34. The molecule has 1 aromatic rings. The summed E-state index contributed by atoms with van der Waals surface area (Å²) < 4.78 is 0. The Kier molecular flexibility index (Phi) is 6.10. The number of nitrogens with one attached hydrogen (secondary N) is 1. The highest BCUT2D eigenvalue weighted by atomic mass is 32.2. The molecule has 1 rings (SSSR count). The van der Waals surface area contributed by atoms with Crippen molar-refractivity contribution < 1.29 is 0 Å². The molecule has 1 aromatic carbocycles. The molecule has 0 aliphatic rings. The highest BCUT2D eigenvalue weighted by molar-refractivity contribution is 8.00. The Balaban J connectivity index is 2.53. The maximum atomic E-state index is 8.91. The Morgan fingerprint density at radius 1 is 1.29 bits per heavy atom. The van der Waals surface area contributed by atoms with Crippen molar-refractivity contribution in [1.82, 2.24) is 5.32 Å². The van der Waals surface area contributed by atoms with E-state index in [1.807, 2.05) is 6.92 Å². The Bertz CT molecular complexity index is 365. The second-order valence-corrected chi connectivity index (χ2v) is 5.60. The minimum absolute atomic E-state index is 0.0645. The second kappa shape index (κ2) is 7.37. The molecule has 0 saturated carbocycles. The van der Waals surface area contributed by atoms with Crippen LogP contribution in [0.4, 0.5) is 0 Å². The van der Waals surface area contributed by atoms with Crippen LogP contribution in [0.2, 0.25) is 0 Å². The molecule has 1 atom stereocenters. The zero-order valence-corrected chi connectivity index (χ0v) is 11.6. The average molecular weight is 248 g/mol. The van der Waals surface area contributed by atoms with Crippen molar-refractivity contribution >= 4 is 11.8 Å². The minimum atomic E-state index is 0.0645. The fourth-order valence-electron chi connectivity index (χ4n) is 1.37. The molecule has 92 valence electrons. The van der Waals surface area contributed by atoms with E-state index in [-0.39, 0.29) is 5.25 Å². The van der Waals surface area contributed by atoms with Crippen LogP contribution >= 0.6 is 11.8 Å². The quantitative estimate of drug-likeness (QED) is 0.782. The van der Waals surface area contributed by atoms with E-state index >= 15 is 0 Å². The van der Waals surface area contributed by atoms with Crippen molar-refractivity contribution in [2.45, 2.75) is 49.9 Å². The maximum Gasteiger partial charge on any atom is 0.0961 e. The van der Waals surface area contributed by atoms with Gasteiger partial charge in [-0.25, -0.2) is 0 Å². The number of hydrogen-bond donors (Lipinski definition) is 1. The molecule has 0 radical (unpaired) electrons. The Labute approximate surface area is 108 Å². The first kappa shape index (κ1) is 14.1. The van der Waals surface area contributed by atoms with Gasteiger partial charge >= 0.3 is 0 Å². The molecule has 0 aliphatic carbocycles. The van der Waals surface area contributed by atoms with E-state index in [9.17, 15) is 0 Å². The predicted octanol–water partition coefficient (Wildman–Crippen LogP) is 3.58. The topological polar surface area (TPSA) is 35.8 Å². The van der Waals surface area contributed by atoms with E-state index in [4.69, 9.17) is 5.26 Å². The molecule has 0 aliphatic heterocycles. The summed E-state index contributed by atoms with van der Waals surface area (Å²) in [5.74, 6) is 0. The lowest BCUT2D eigenvalue weighted by molar-refractivity contribution is 0.588. The number of nitriles is 1. The molecule has 0 saturated heterocycles. The number of rotatable bonds is 6. The molecule has 0 heterocycles. The minimum Gasteiger partial charge on any atom is -0.310 e. The molecule has 1 unspecified atom stereocenters. The lowest BCUT2D eigenvalue weighted by Gasteiger charge is -2.09. The summed E-state index contributed by atoms with van der Waals surface area (Å²) in [6, 6.07) is 11.3. The van der Waals surface area contributed by atoms with Gasteiger partial charge in [-0.15, -0.1) is 11.8 Å². The molecule has 0 amide bonds. The molecule has 0 spiro atoms. The predicted molar refractivity (Wildman–Crippen MR) is 74.0 cm³/mol. The van der Waals surface area contributed by atoms with Gasteiger partial charge in [-0.3, -0.25) is 0 Å². The van der Waals surface area contributed by atoms with Gasteiger partial charge in [0.1, 0.15) is 0 Å². The van der Waals surface area contributed by atoms with Gasteiger partial charge in [0.15, 0.2) is 0 Å². The van der Waals surface area contributed by atoms with E-state index in [1.165, 1.54) is 10.5 Å². The summed E-state index contributed by atoms with van der Waals surface area (Å²) in [5.41, 5.74) is 1.29. The van der Waals surface area contributed by atoms with Crippen LogP contribution in [-0.4, -0.2) is 11.3 Å². The van der Waals surface area contributed by atoms with Crippen LogP contribution in [0.5, 0.6) is 0 Å². The van der Waals surface area contributed by atoms with Gasteiger partial charge in [0.2, 0.25) is 0 Å². The van der Waals surface area contributed by atoms with E-state index in [1.54, 1.807) is 11.8 Å². The van der Waals surface area contributed by atoms with Crippen molar-refractivity contribution in [1.29, 1.82) is 5.26 Å². The third-order valence-corrected chi connectivity index (χ3v) is 3.70. The van der Waals surface area contributed by atoms with E-state index in [2.05, 4.69) is 49.5 Å². The first-order valence-electron chi connectivity index (χ1n) is 6.04. The zero-order chi connectivity index (χ0) is 12.7. The van der Waals surface area contributed by atoms with E-state index in [0.29, 0.717) is 6.04 Å². The van der Waals surface area contributed by atoms with Crippen molar-refractivity contribution in [3.05, 3.63) is 29.8 Å². The molecule has 2 nitrogen and oxygen atoms in total. The van der Waals surface area contributed by atoms with Crippen LogP contribution in [-0.2, 0) is 6.54 Å². The van der Waals surface area contributed by atoms with Gasteiger partial charge < -0.3 is 5.32 Å². The van der Waals surface area contributed by atoms with Gasteiger partial charge in [-0.1, -0.05) is 32.9 Å². The summed E-state index contributed by atoms with van der Waals surface area (Å²) >= 11 is 1.64. The summed E-state index contributed by atoms with van der Waals surface area (Å²) in [7, 11) is 0. The molecule has 1 N–H and O–H groups in total. The lowest BCUT2D eigenvalue weighted by atomic mass is 10.2. The van der Waals surface area contributed by atoms with Crippen LogP contribution in [0.25, 0.3) is 0 Å². The third-order valence-electron chi connectivity index (χ3n) is 2.43. The lowest BCUT2D eigenvalue weighted by Crippen LogP contribution is -2.21. The summed E-state index contributed by atoms with van der Waals surface area (Å²) in [5, 5.41) is 12.4. The molecule has 0 fully saturated rings. The van der Waals surface area contributed by atoms with Crippen molar-refractivity contribution in [2.24, 2.45) is 0 Å². The molecular weight excluding hydrogens is 228 g/mol. The SMILES string of the molecule is CCC(C#N)Sc1ccc(CNC(C)C)cc1. The molecule has 3 heteroatoms. The fraction of sp³-hybridized carbons (Fsp3) is 0.500. The maximum absolute atomic E-state index is 8.91. The molecule has 0 bridgehead atoms. The van der Waals surface area contributed by atoms with Gasteiger partial charge in [-0.05, 0) is 24.1 Å². The second-order valence-electron chi connectivity index (χ2n) is 4.32. The number of nitrogens with zero attached hydrogens (tertiary/aromatic N) is 1. The zero-order valence-electron chi connectivity index (χ0n) is 10.7. The van der Waals surface area contributed by atoms with E-state index in [0.717, 1.165) is 13.0 Å². The molecular formula is C14H20N2S. The Morgan fingerprint density at radius 3 is 2.41 bits per heavy atom. The normalized spacial score (nSPS) is 12.4. The van der Waals surface area contributed by atoms with Gasteiger partial charge in [-0.2, -0.15) is 5.26 Å². The van der Waals surface area contributed by atoms with Crippen LogP contribution in [0, 0.1) is 11.3 Å². The first-order valence-corrected chi connectivity index (χ1v) is 6.92. The van der Waals surface area contributed by atoms with Crippen LogP contribution in [0.1, 0.15) is 32.8 Å². The van der Waals surface area contributed by atoms with Crippen LogP contribution < -0.4 is 5.32 Å². The summed E-state index contributed by atoms with van der Waals surface area (Å²) in [4.78, 5) is 1.17. The van der Waals surface area contributed by atoms with Crippen LogP contribution in [0.15, 0.2) is 29.2 Å². The molecule has 0 aromatic heterocycles. The van der Waals surface area contributed by atoms with Gasteiger partial charge in [0, 0.05) is 17.5 Å². The monoisotopic (exact) mass is 248 g/mol. The summed E-state index contributed by atoms with van der Waals surface area (Å²) in [6.07, 6.45) is 0.887. The standard InChI is InChI=1S/C14H20N2S/c1-4-13(9-15)17-14-7-5-12(6-8-14)10-16-11(2)3/h5-8,11,13,16H,4,10H2,1-3H3. The number of benzene rings is 1. The van der Waals surface area contributed by atoms with Crippen molar-refractivity contribution in [3.8, 4) is 6.07 Å². The number of thioether (sulfide) groups is 1. The van der Waals surface area contributed by atoms with E-state index < -0.39 is 0 Å². The highest BCUT2D eigenvalue weighted by Gasteiger charge is 2.06. The van der Waals surface area contributed by atoms with Crippen molar-refractivity contribution in [3.63, 3.8) is 0 Å². The van der Waals surface area contributed by atoms with Crippen LogP contribution in [0.3, 0.4) is 0 Å². The van der Waals surface area contributed by atoms with Crippen molar-refractivity contribution in [2.75, 3.05) is 0 Å². The third kappa shape index (κ3) is 5.25. The first-order chi connectivity index (χ1) is 8.15. The van der Waals surface area contributed by atoms with Gasteiger partial charge in [0.05, 0.1) is 11.3 Å². The van der Waals surface area contributed by atoms with Gasteiger partial charge in [0.25, 0.3) is 0 Å². The largest absolute Gasteiger partial charge is 0.310 e. The highest BCUT2D eigenvalue weighted by Crippen LogP contribution is 2.25. The molecule has 17 heavy (non-hydrogen) atoms. The Morgan fingerprint density at radius 2 is 1.94 bits per heavy atom.